The van der Waals surface area contributed by atoms with E-state index in [9.17, 15) is 39.3 Å². The quantitative estimate of drug-likeness (QED) is 0.136. The zero-order valence-corrected chi connectivity index (χ0v) is 25.2. The van der Waals surface area contributed by atoms with Crippen molar-refractivity contribution in [1.29, 1.82) is 0 Å². The number of carboxylic acid groups (broad SMARTS) is 1. The number of phenols is 1. The van der Waals surface area contributed by atoms with Gasteiger partial charge in [-0.1, -0.05) is 26.0 Å². The van der Waals surface area contributed by atoms with Gasteiger partial charge in [0.15, 0.2) is 0 Å². The van der Waals surface area contributed by atoms with Crippen LogP contribution in [-0.4, -0.2) is 105 Å². The molecule has 0 spiro atoms. The molecule has 6 atom stereocenters. The summed E-state index contributed by atoms with van der Waals surface area (Å²) in [5.74, 6) is -3.48. The highest BCUT2D eigenvalue weighted by Gasteiger charge is 2.39. The van der Waals surface area contributed by atoms with Gasteiger partial charge in [-0.25, -0.2) is 4.79 Å². The van der Waals surface area contributed by atoms with Gasteiger partial charge in [-0.05, 0) is 61.8 Å². The lowest BCUT2D eigenvalue weighted by Crippen LogP contribution is -2.59. The Bertz CT molecular complexity index is 1100. The van der Waals surface area contributed by atoms with Gasteiger partial charge in [-0.2, -0.15) is 11.8 Å². The number of hydrogen-bond acceptors (Lipinski definition) is 9. The number of phenolic OH excluding ortho intramolecular Hbond substituents is 1. The monoisotopic (exact) mass is 609 g/mol. The average molecular weight is 610 g/mol. The van der Waals surface area contributed by atoms with Gasteiger partial charge in [-0.3, -0.25) is 19.2 Å². The minimum absolute atomic E-state index is 0.0289. The topological polar surface area (TPSA) is 211 Å². The highest BCUT2D eigenvalue weighted by molar-refractivity contribution is 7.98. The number of amides is 4. The normalized spacial score (nSPS) is 18.5. The molecule has 0 aromatic heterocycles. The van der Waals surface area contributed by atoms with Gasteiger partial charge in [-0.15, -0.1) is 0 Å². The molecule has 4 amide bonds. The fourth-order valence-electron chi connectivity index (χ4n) is 4.60. The third-order valence-corrected chi connectivity index (χ3v) is 7.77. The third-order valence-electron chi connectivity index (χ3n) is 7.13. The number of benzene rings is 1. The van der Waals surface area contributed by atoms with E-state index in [2.05, 4.69) is 16.0 Å². The fourth-order valence-corrected chi connectivity index (χ4v) is 5.07. The van der Waals surface area contributed by atoms with E-state index in [1.165, 1.54) is 35.7 Å². The molecule has 1 fully saturated rings. The van der Waals surface area contributed by atoms with Crippen LogP contribution in [-0.2, 0) is 30.4 Å². The lowest BCUT2D eigenvalue weighted by molar-refractivity contribution is -0.144. The van der Waals surface area contributed by atoms with Gasteiger partial charge in [0.25, 0.3) is 0 Å². The van der Waals surface area contributed by atoms with Crippen LogP contribution < -0.4 is 21.7 Å². The summed E-state index contributed by atoms with van der Waals surface area (Å²) >= 11 is 1.46. The van der Waals surface area contributed by atoms with Crippen LogP contribution in [0.4, 0.5) is 0 Å². The van der Waals surface area contributed by atoms with Crippen LogP contribution in [0.5, 0.6) is 5.75 Å². The molecule has 0 bridgehead atoms. The Hall–Kier alpha value is -3.36. The maximum absolute atomic E-state index is 13.8. The minimum Gasteiger partial charge on any atom is -0.508 e. The zero-order valence-electron chi connectivity index (χ0n) is 24.4. The van der Waals surface area contributed by atoms with Crippen molar-refractivity contribution in [3.05, 3.63) is 29.8 Å². The van der Waals surface area contributed by atoms with Crippen molar-refractivity contribution in [2.24, 2.45) is 11.7 Å². The second kappa shape index (κ2) is 16.3. The van der Waals surface area contributed by atoms with E-state index in [1.54, 1.807) is 26.0 Å². The maximum atomic E-state index is 13.8. The molecule has 1 aliphatic rings. The van der Waals surface area contributed by atoms with Gasteiger partial charge in [0.2, 0.25) is 23.6 Å². The number of nitrogens with two attached hydrogens (primary N) is 1. The standard InChI is InChI=1S/C28H43N5O8S/c1-15(2)23(28(40)41)32-24(36)19(11-13-42-4)30-25(37)21-6-5-12-33(21)27(39)20(31-26(38)22(29)16(3)34)14-17-7-9-18(35)10-8-17/h7-10,15-16,19-23,34-35H,5-6,11-14,29H2,1-4H3,(H,30,37)(H,31,38)(H,32,36)(H,40,41)/t16-,19+,20+,21+,22+,23+/m1/s1. The van der Waals surface area contributed by atoms with E-state index in [-0.39, 0.29) is 31.1 Å². The van der Waals surface area contributed by atoms with Crippen LogP contribution in [0.3, 0.4) is 0 Å². The van der Waals surface area contributed by atoms with Crippen LogP contribution in [0.1, 0.15) is 45.6 Å². The molecule has 1 aliphatic heterocycles. The first-order valence-corrected chi connectivity index (χ1v) is 15.3. The Balaban J connectivity index is 2.25. The summed E-state index contributed by atoms with van der Waals surface area (Å²) in [6.45, 7) is 4.92. The van der Waals surface area contributed by atoms with Crippen LogP contribution in [0.15, 0.2) is 24.3 Å². The van der Waals surface area contributed by atoms with Crippen molar-refractivity contribution in [3.8, 4) is 5.75 Å². The average Bonchev–Trinajstić information content (AvgIpc) is 3.43. The van der Waals surface area contributed by atoms with Gasteiger partial charge >= 0.3 is 5.97 Å². The summed E-state index contributed by atoms with van der Waals surface area (Å²) in [4.78, 5) is 65.9. The number of nitrogens with one attached hydrogen (secondary N) is 3. The third kappa shape index (κ3) is 9.88. The van der Waals surface area contributed by atoms with Crippen molar-refractivity contribution in [2.75, 3.05) is 18.6 Å². The summed E-state index contributed by atoms with van der Waals surface area (Å²) < 4.78 is 0. The molecule has 8 N–H and O–H groups in total. The van der Waals surface area contributed by atoms with E-state index in [1.807, 2.05) is 6.26 Å². The molecule has 0 aliphatic carbocycles. The van der Waals surface area contributed by atoms with Crippen LogP contribution in [0.25, 0.3) is 0 Å². The first kappa shape index (κ1) is 34.8. The number of aliphatic carboxylic acids is 1. The zero-order chi connectivity index (χ0) is 31.6. The largest absolute Gasteiger partial charge is 0.508 e. The van der Waals surface area contributed by atoms with E-state index >= 15 is 0 Å². The molecule has 234 valence electrons. The number of likely N-dealkylation sites (tertiary alicyclic amines) is 1. The number of hydrogen-bond donors (Lipinski definition) is 7. The molecule has 42 heavy (non-hydrogen) atoms. The highest BCUT2D eigenvalue weighted by atomic mass is 32.2. The van der Waals surface area contributed by atoms with E-state index < -0.39 is 65.9 Å². The molecule has 0 radical (unpaired) electrons. The number of aliphatic hydroxyl groups is 1. The molecule has 14 heteroatoms. The molecular formula is C28H43N5O8S. The lowest BCUT2D eigenvalue weighted by atomic mass is 10.0. The Morgan fingerprint density at radius 1 is 1.02 bits per heavy atom. The van der Waals surface area contributed by atoms with E-state index in [4.69, 9.17) is 5.73 Å². The molecular weight excluding hydrogens is 566 g/mol. The van der Waals surface area contributed by atoms with Crippen molar-refractivity contribution >= 4 is 41.4 Å². The highest BCUT2D eigenvalue weighted by Crippen LogP contribution is 2.21. The summed E-state index contributed by atoms with van der Waals surface area (Å²) in [6, 6.07) is 0.606. The predicted octanol–water partition coefficient (Wildman–Crippen LogP) is -0.418. The van der Waals surface area contributed by atoms with Crippen LogP contribution >= 0.6 is 11.8 Å². The number of nitrogens with zero attached hydrogens (tertiary/aromatic N) is 1. The number of rotatable bonds is 15. The summed E-state index contributed by atoms with van der Waals surface area (Å²) in [7, 11) is 0. The van der Waals surface area contributed by atoms with Crippen LogP contribution in [0, 0.1) is 5.92 Å². The lowest BCUT2D eigenvalue weighted by Gasteiger charge is -2.31. The number of carboxylic acids is 1. The molecule has 1 aromatic rings. The summed E-state index contributed by atoms with van der Waals surface area (Å²) in [6.07, 6.45) is 1.79. The van der Waals surface area contributed by atoms with Crippen LogP contribution in [0.2, 0.25) is 0 Å². The number of aromatic hydroxyl groups is 1. The van der Waals surface area contributed by atoms with Crippen molar-refractivity contribution in [2.45, 2.75) is 82.8 Å². The molecule has 1 heterocycles. The SMILES string of the molecule is CSCC[C@H](NC(=O)[C@@H]1CCCN1C(=O)[C@H](Cc1ccc(O)cc1)NC(=O)[C@@H](N)[C@@H](C)O)C(=O)N[C@H](C(=O)O)C(C)C. The molecule has 0 saturated carbocycles. The predicted molar refractivity (Wildman–Crippen MR) is 157 cm³/mol. The van der Waals surface area contributed by atoms with Crippen molar-refractivity contribution in [3.63, 3.8) is 0 Å². The number of aliphatic hydroxyl groups excluding tert-OH is 1. The fraction of sp³-hybridized carbons (Fsp3) is 0.607. The molecule has 0 unspecified atom stereocenters. The molecule has 2 rings (SSSR count). The molecule has 1 saturated heterocycles. The summed E-state index contributed by atoms with van der Waals surface area (Å²) in [5.41, 5.74) is 6.41. The smallest absolute Gasteiger partial charge is 0.326 e. The van der Waals surface area contributed by atoms with Crippen molar-refractivity contribution < 1.29 is 39.3 Å². The van der Waals surface area contributed by atoms with E-state index in [0.29, 0.717) is 24.2 Å². The Kier molecular flexibility index (Phi) is 13.5. The molecule has 13 nitrogen and oxygen atoms in total. The van der Waals surface area contributed by atoms with Gasteiger partial charge < -0.3 is 41.9 Å². The first-order valence-electron chi connectivity index (χ1n) is 13.9. The Labute approximate surface area is 250 Å². The number of carbonyl (C=O) groups is 5. The minimum atomic E-state index is -1.28. The van der Waals surface area contributed by atoms with E-state index in [0.717, 1.165) is 0 Å². The second-order valence-corrected chi connectivity index (χ2v) is 11.8. The summed E-state index contributed by atoms with van der Waals surface area (Å²) in [5, 5.41) is 36.7. The maximum Gasteiger partial charge on any atom is 0.326 e. The van der Waals surface area contributed by atoms with Gasteiger partial charge in [0.1, 0.15) is 36.0 Å². The van der Waals surface area contributed by atoms with Gasteiger partial charge in [0.05, 0.1) is 6.10 Å². The first-order chi connectivity index (χ1) is 19.8. The second-order valence-electron chi connectivity index (χ2n) is 10.8. The Morgan fingerprint density at radius 2 is 1.67 bits per heavy atom. The van der Waals surface area contributed by atoms with Gasteiger partial charge in [0, 0.05) is 13.0 Å². The van der Waals surface area contributed by atoms with Crippen molar-refractivity contribution in [1.82, 2.24) is 20.9 Å². The number of carbonyl (C=O) groups excluding carboxylic acids is 4. The number of thioether (sulfide) groups is 1. The Morgan fingerprint density at radius 3 is 2.21 bits per heavy atom. The molecule has 1 aromatic carbocycles.